The lowest BCUT2D eigenvalue weighted by Gasteiger charge is -2.69. The van der Waals surface area contributed by atoms with Crippen LogP contribution in [0.25, 0.3) is 0 Å². The molecule has 4 aliphatic rings. The van der Waals surface area contributed by atoms with Gasteiger partial charge in [-0.2, -0.15) is 0 Å². The third kappa shape index (κ3) is 4.40. The lowest BCUT2D eigenvalue weighted by atomic mass is 9.36. The second-order valence-electron chi connectivity index (χ2n) is 13.6. The number of fused-ring (bicyclic) bond motifs is 5. The largest absolute Gasteiger partial charge is 0.478 e. The van der Waals surface area contributed by atoms with Crippen LogP contribution in [0.4, 0.5) is 0 Å². The molecule has 4 aliphatic carbocycles. The highest BCUT2D eigenvalue weighted by Gasteiger charge is 2.70. The molecule has 10 atom stereocenters. The molecule has 0 bridgehead atoms. The summed E-state index contributed by atoms with van der Waals surface area (Å²) in [6.07, 6.45) is 6.22. The molecular formula is C31H48O6. The Kier molecular flexibility index (Phi) is 7.53. The summed E-state index contributed by atoms with van der Waals surface area (Å²) in [7, 11) is 0. The highest BCUT2D eigenvalue weighted by atomic mass is 16.5. The zero-order chi connectivity index (χ0) is 27.5. The Morgan fingerprint density at radius 3 is 2.30 bits per heavy atom. The average Bonchev–Trinajstić information content (AvgIpc) is 3.05. The number of hydrogen-bond donors (Lipinski definition) is 3. The molecule has 0 radical (unpaired) electrons. The fraction of sp³-hybridized carbons (Fsp3) is 0.806. The predicted molar refractivity (Wildman–Crippen MR) is 143 cm³/mol. The minimum atomic E-state index is -0.953. The zero-order valence-corrected chi connectivity index (χ0v) is 23.8. The monoisotopic (exact) mass is 516 g/mol. The SMILES string of the molecule is CC(=O)O[C@H]1C[C@@]2(C)[C@@H](C[C@@H](O)[C@H]3[C@@]4(C)CC[C@@H](O)[C@@H](C)[C@H]4CC[C@@]32C)/C1=C(/CCC=C(C)C)C(=O)O. The van der Waals surface area contributed by atoms with E-state index in [1.54, 1.807) is 0 Å². The number of carboxylic acid groups (broad SMARTS) is 1. The fourth-order valence-electron chi connectivity index (χ4n) is 9.79. The van der Waals surface area contributed by atoms with E-state index in [1.807, 2.05) is 19.9 Å². The van der Waals surface area contributed by atoms with Crippen LogP contribution < -0.4 is 0 Å². The predicted octanol–water partition coefficient (Wildman–Crippen LogP) is 5.67. The minimum absolute atomic E-state index is 0.0474. The Morgan fingerprint density at radius 1 is 1.03 bits per heavy atom. The second-order valence-corrected chi connectivity index (χ2v) is 13.6. The van der Waals surface area contributed by atoms with Gasteiger partial charge < -0.3 is 20.1 Å². The maximum atomic E-state index is 12.6. The fourth-order valence-corrected chi connectivity index (χ4v) is 9.79. The topological polar surface area (TPSA) is 104 Å². The molecule has 0 aromatic heterocycles. The third-order valence-electron chi connectivity index (χ3n) is 11.6. The molecule has 6 nitrogen and oxygen atoms in total. The number of ether oxygens (including phenoxy) is 1. The van der Waals surface area contributed by atoms with E-state index in [4.69, 9.17) is 4.74 Å². The number of aliphatic carboxylic acids is 1. The first-order valence-corrected chi connectivity index (χ1v) is 14.3. The maximum Gasteiger partial charge on any atom is 0.331 e. The van der Waals surface area contributed by atoms with Gasteiger partial charge in [0.25, 0.3) is 0 Å². The Balaban J connectivity index is 1.82. The van der Waals surface area contributed by atoms with Gasteiger partial charge in [-0.1, -0.05) is 39.3 Å². The van der Waals surface area contributed by atoms with Crippen LogP contribution in [0, 0.1) is 39.9 Å². The molecule has 208 valence electrons. The molecule has 0 heterocycles. The van der Waals surface area contributed by atoms with Crippen LogP contribution in [0.5, 0.6) is 0 Å². The number of allylic oxidation sites excluding steroid dienone is 2. The number of rotatable bonds is 5. The molecule has 4 saturated carbocycles. The van der Waals surface area contributed by atoms with Gasteiger partial charge in [0.05, 0.1) is 12.2 Å². The van der Waals surface area contributed by atoms with E-state index < -0.39 is 24.1 Å². The van der Waals surface area contributed by atoms with Crippen molar-refractivity contribution in [1.29, 1.82) is 0 Å². The van der Waals surface area contributed by atoms with Gasteiger partial charge in [0.1, 0.15) is 6.10 Å². The highest BCUT2D eigenvalue weighted by molar-refractivity contribution is 5.88. The zero-order valence-electron chi connectivity index (χ0n) is 23.8. The summed E-state index contributed by atoms with van der Waals surface area (Å²) in [6.45, 7) is 14.5. The first-order chi connectivity index (χ1) is 17.2. The molecule has 0 aromatic rings. The Hall–Kier alpha value is -1.66. The number of carbonyl (C=O) groups excluding carboxylic acids is 1. The summed E-state index contributed by atoms with van der Waals surface area (Å²) in [5.74, 6) is -0.909. The lowest BCUT2D eigenvalue weighted by Crippen LogP contribution is -2.65. The van der Waals surface area contributed by atoms with Crippen molar-refractivity contribution in [2.75, 3.05) is 0 Å². The average molecular weight is 517 g/mol. The van der Waals surface area contributed by atoms with E-state index in [0.717, 1.165) is 36.8 Å². The van der Waals surface area contributed by atoms with Gasteiger partial charge in [0, 0.05) is 12.5 Å². The van der Waals surface area contributed by atoms with E-state index >= 15 is 0 Å². The smallest absolute Gasteiger partial charge is 0.331 e. The lowest BCUT2D eigenvalue weighted by molar-refractivity contribution is -0.234. The van der Waals surface area contributed by atoms with Crippen LogP contribution in [0.1, 0.15) is 99.8 Å². The van der Waals surface area contributed by atoms with Gasteiger partial charge in [-0.15, -0.1) is 0 Å². The number of hydrogen-bond acceptors (Lipinski definition) is 5. The summed E-state index contributed by atoms with van der Waals surface area (Å²) >= 11 is 0. The van der Waals surface area contributed by atoms with Crippen molar-refractivity contribution in [1.82, 2.24) is 0 Å². The van der Waals surface area contributed by atoms with Crippen LogP contribution in [0.15, 0.2) is 22.8 Å². The first-order valence-electron chi connectivity index (χ1n) is 14.3. The Bertz CT molecular complexity index is 994. The molecular weight excluding hydrogens is 468 g/mol. The van der Waals surface area contributed by atoms with Gasteiger partial charge >= 0.3 is 11.9 Å². The third-order valence-corrected chi connectivity index (χ3v) is 11.6. The van der Waals surface area contributed by atoms with Crippen molar-refractivity contribution in [2.24, 2.45) is 39.9 Å². The summed E-state index contributed by atoms with van der Waals surface area (Å²) in [5.41, 5.74) is 1.57. The van der Waals surface area contributed by atoms with E-state index in [2.05, 4.69) is 27.7 Å². The number of carbonyl (C=O) groups is 2. The van der Waals surface area contributed by atoms with E-state index in [-0.39, 0.29) is 40.1 Å². The minimum Gasteiger partial charge on any atom is -0.478 e. The van der Waals surface area contributed by atoms with Crippen molar-refractivity contribution in [3.8, 4) is 0 Å². The molecule has 0 saturated heterocycles. The summed E-state index contributed by atoms with van der Waals surface area (Å²) in [4.78, 5) is 24.8. The molecule has 0 unspecified atom stereocenters. The van der Waals surface area contributed by atoms with Crippen LogP contribution in [0.2, 0.25) is 0 Å². The molecule has 6 heteroatoms. The van der Waals surface area contributed by atoms with Crippen LogP contribution in [0.3, 0.4) is 0 Å². The van der Waals surface area contributed by atoms with Gasteiger partial charge in [-0.3, -0.25) is 4.79 Å². The van der Waals surface area contributed by atoms with Crippen molar-refractivity contribution < 1.29 is 29.6 Å². The van der Waals surface area contributed by atoms with Crippen molar-refractivity contribution in [2.45, 2.75) is 118 Å². The molecule has 0 aliphatic heterocycles. The quantitative estimate of drug-likeness (QED) is 0.247. The van der Waals surface area contributed by atoms with E-state index in [9.17, 15) is 24.9 Å². The van der Waals surface area contributed by atoms with Crippen LogP contribution in [-0.2, 0) is 14.3 Å². The molecule has 0 aromatic carbocycles. The van der Waals surface area contributed by atoms with Gasteiger partial charge in [-0.05, 0) is 111 Å². The summed E-state index contributed by atoms with van der Waals surface area (Å²) in [5, 5.41) is 32.9. The summed E-state index contributed by atoms with van der Waals surface area (Å²) in [6, 6.07) is 0. The second kappa shape index (κ2) is 9.82. The number of aliphatic hydroxyl groups excluding tert-OH is 2. The molecule has 4 rings (SSSR count). The van der Waals surface area contributed by atoms with Gasteiger partial charge in [-0.25, -0.2) is 4.79 Å². The van der Waals surface area contributed by atoms with Crippen LogP contribution in [-0.4, -0.2) is 45.6 Å². The summed E-state index contributed by atoms with van der Waals surface area (Å²) < 4.78 is 5.87. The standard InChI is InChI=1S/C31H48O6/c1-17(2)9-8-10-20(28(35)36)26-22-15-24(34)27-29(5)13-12-23(33)18(3)21(29)11-14-30(27,6)31(22,7)16-25(26)37-19(4)32/h9,18,21-25,27,33-34H,8,10-16H2,1-7H3,(H,35,36)/b26-20+/t18-,21+,22-,23+,24+,25-,27-,29-,30-,31-/m0/s1. The van der Waals surface area contributed by atoms with Gasteiger partial charge in [0.15, 0.2) is 0 Å². The molecule has 3 N–H and O–H groups in total. The number of esters is 1. The van der Waals surface area contributed by atoms with Gasteiger partial charge in [0.2, 0.25) is 0 Å². The molecule has 0 spiro atoms. The maximum absolute atomic E-state index is 12.6. The van der Waals surface area contributed by atoms with Crippen molar-refractivity contribution in [3.05, 3.63) is 22.8 Å². The number of aliphatic hydroxyl groups is 2. The highest BCUT2D eigenvalue weighted by Crippen LogP contribution is 2.74. The first kappa shape index (κ1) is 28.4. The normalized spacial score (nSPS) is 46.2. The molecule has 0 amide bonds. The molecule has 4 fully saturated rings. The van der Waals surface area contributed by atoms with Crippen molar-refractivity contribution >= 4 is 11.9 Å². The Morgan fingerprint density at radius 2 is 1.70 bits per heavy atom. The Labute approximate surface area is 222 Å². The molecule has 37 heavy (non-hydrogen) atoms. The van der Waals surface area contributed by atoms with Crippen molar-refractivity contribution in [3.63, 3.8) is 0 Å². The van der Waals surface area contributed by atoms with Crippen LogP contribution >= 0.6 is 0 Å². The number of carboxylic acids is 1. The van der Waals surface area contributed by atoms with E-state index in [0.29, 0.717) is 37.2 Å². The van der Waals surface area contributed by atoms with E-state index in [1.165, 1.54) is 6.92 Å².